The van der Waals surface area contributed by atoms with Gasteiger partial charge >= 0.3 is 0 Å². The smallest absolute Gasteiger partial charge is 0.261 e. The van der Waals surface area contributed by atoms with Crippen LogP contribution in [0.5, 0.6) is 5.75 Å². The molecule has 0 spiro atoms. The van der Waals surface area contributed by atoms with Gasteiger partial charge in [-0.05, 0) is 55.0 Å². The summed E-state index contributed by atoms with van der Waals surface area (Å²) in [7, 11) is 0. The number of hydrogen-bond acceptors (Lipinski definition) is 3. The summed E-state index contributed by atoms with van der Waals surface area (Å²) in [6.07, 6.45) is 0. The molecular weight excluding hydrogens is 376 g/mol. The van der Waals surface area contributed by atoms with Crippen molar-refractivity contribution >= 4 is 11.8 Å². The molecule has 30 heavy (non-hydrogen) atoms. The maximum atomic E-state index is 13.0. The van der Waals surface area contributed by atoms with E-state index in [-0.39, 0.29) is 23.8 Å². The molecule has 1 atom stereocenters. The molecule has 1 unspecified atom stereocenters. The lowest BCUT2D eigenvalue weighted by molar-refractivity contribution is -0.142. The highest BCUT2D eigenvalue weighted by Crippen LogP contribution is 2.24. The molecule has 2 aromatic carbocycles. The first-order valence-electron chi connectivity index (χ1n) is 10.5. The van der Waals surface area contributed by atoms with E-state index in [1.54, 1.807) is 11.8 Å². The summed E-state index contributed by atoms with van der Waals surface area (Å²) in [4.78, 5) is 27.0. The topological polar surface area (TPSA) is 58.6 Å². The lowest BCUT2D eigenvalue weighted by Gasteiger charge is -2.29. The van der Waals surface area contributed by atoms with Crippen LogP contribution in [0, 0.1) is 6.92 Å². The van der Waals surface area contributed by atoms with Gasteiger partial charge in [0.2, 0.25) is 5.91 Å². The lowest BCUT2D eigenvalue weighted by atomic mass is 9.87. The van der Waals surface area contributed by atoms with Gasteiger partial charge < -0.3 is 15.0 Å². The predicted molar refractivity (Wildman–Crippen MR) is 121 cm³/mol. The molecular formula is C25H34N2O3. The van der Waals surface area contributed by atoms with Crippen molar-refractivity contribution < 1.29 is 14.3 Å². The number of carbonyl (C=O) groups is 2. The number of benzene rings is 2. The van der Waals surface area contributed by atoms with E-state index >= 15 is 0 Å². The Bertz CT molecular complexity index is 853. The molecule has 2 aromatic rings. The molecule has 5 nitrogen and oxygen atoms in total. The molecule has 2 amide bonds. The van der Waals surface area contributed by atoms with Crippen molar-refractivity contribution in [3.8, 4) is 5.75 Å². The summed E-state index contributed by atoms with van der Waals surface area (Å²) in [5, 5.41) is 2.80. The van der Waals surface area contributed by atoms with E-state index in [9.17, 15) is 9.59 Å². The highest BCUT2D eigenvalue weighted by Gasteiger charge is 2.26. The second kappa shape index (κ2) is 10.3. The zero-order chi connectivity index (χ0) is 22.3. The van der Waals surface area contributed by atoms with Gasteiger partial charge in [-0.3, -0.25) is 9.59 Å². The van der Waals surface area contributed by atoms with Crippen LogP contribution in [0.25, 0.3) is 0 Å². The van der Waals surface area contributed by atoms with Crippen molar-refractivity contribution in [1.82, 2.24) is 10.2 Å². The molecule has 0 aliphatic carbocycles. The van der Waals surface area contributed by atoms with Gasteiger partial charge in [-0.1, -0.05) is 57.2 Å². The summed E-state index contributed by atoms with van der Waals surface area (Å²) in [5.74, 6) is 0.240. The molecule has 2 rings (SSSR count). The Hall–Kier alpha value is -2.82. The monoisotopic (exact) mass is 410 g/mol. The van der Waals surface area contributed by atoms with Crippen LogP contribution in [0.15, 0.2) is 48.5 Å². The minimum Gasteiger partial charge on any atom is -0.484 e. The molecule has 0 aliphatic heterocycles. The number of hydrogen-bond donors (Lipinski definition) is 1. The van der Waals surface area contributed by atoms with Crippen LogP contribution in [0.1, 0.15) is 51.3 Å². The highest BCUT2D eigenvalue weighted by molar-refractivity contribution is 5.87. The Labute approximate surface area is 180 Å². The summed E-state index contributed by atoms with van der Waals surface area (Å²) < 4.78 is 5.75. The van der Waals surface area contributed by atoms with E-state index in [1.807, 2.05) is 62.4 Å². The second-order valence-electron chi connectivity index (χ2n) is 8.58. The van der Waals surface area contributed by atoms with E-state index in [0.717, 1.165) is 11.1 Å². The first kappa shape index (κ1) is 23.5. The van der Waals surface area contributed by atoms with Crippen LogP contribution in [0.3, 0.4) is 0 Å². The summed E-state index contributed by atoms with van der Waals surface area (Å²) >= 11 is 0. The zero-order valence-electron chi connectivity index (χ0n) is 19.0. The molecule has 0 radical (unpaired) electrons. The fraction of sp³-hybridized carbons (Fsp3) is 0.440. The van der Waals surface area contributed by atoms with Crippen molar-refractivity contribution in [2.45, 2.75) is 59.5 Å². The highest BCUT2D eigenvalue weighted by atomic mass is 16.5. The Kier molecular flexibility index (Phi) is 8.04. The second-order valence-corrected chi connectivity index (χ2v) is 8.58. The first-order valence-corrected chi connectivity index (χ1v) is 10.5. The van der Waals surface area contributed by atoms with Gasteiger partial charge in [0.05, 0.1) is 0 Å². The number of likely N-dealkylation sites (N-methyl/N-ethyl adjacent to an activating group) is 1. The Balaban J connectivity index is 2.13. The fourth-order valence-electron chi connectivity index (χ4n) is 3.15. The van der Waals surface area contributed by atoms with Crippen molar-refractivity contribution in [3.05, 3.63) is 65.2 Å². The Morgan fingerprint density at radius 3 is 2.27 bits per heavy atom. The number of ether oxygens (including phenoxy) is 1. The zero-order valence-corrected chi connectivity index (χ0v) is 19.0. The number of carbonyl (C=O) groups excluding carboxylic acids is 2. The van der Waals surface area contributed by atoms with Crippen LogP contribution >= 0.6 is 0 Å². The number of nitrogens with one attached hydrogen (secondary N) is 1. The number of amides is 2. The van der Waals surface area contributed by atoms with Gasteiger partial charge in [-0.2, -0.15) is 0 Å². The van der Waals surface area contributed by atoms with E-state index in [4.69, 9.17) is 4.74 Å². The minimum absolute atomic E-state index is 0.0563. The molecule has 1 N–H and O–H groups in total. The number of aryl methyl sites for hydroxylation is 1. The summed E-state index contributed by atoms with van der Waals surface area (Å²) in [6.45, 7) is 12.8. The van der Waals surface area contributed by atoms with Crippen molar-refractivity contribution in [3.63, 3.8) is 0 Å². The van der Waals surface area contributed by atoms with Crippen LogP contribution < -0.4 is 10.1 Å². The molecule has 162 valence electrons. The van der Waals surface area contributed by atoms with Crippen molar-refractivity contribution in [2.24, 2.45) is 0 Å². The molecule has 0 saturated carbocycles. The molecule has 0 fully saturated rings. The average Bonchev–Trinajstić information content (AvgIpc) is 2.70. The number of rotatable bonds is 8. The van der Waals surface area contributed by atoms with Gasteiger partial charge in [0, 0.05) is 13.1 Å². The van der Waals surface area contributed by atoms with Crippen molar-refractivity contribution in [2.75, 3.05) is 13.2 Å². The van der Waals surface area contributed by atoms with E-state index in [0.29, 0.717) is 18.8 Å². The lowest BCUT2D eigenvalue weighted by Crippen LogP contribution is -2.49. The van der Waals surface area contributed by atoms with Gasteiger partial charge in [0.1, 0.15) is 11.8 Å². The Morgan fingerprint density at radius 1 is 1.07 bits per heavy atom. The van der Waals surface area contributed by atoms with E-state index in [2.05, 4.69) is 26.1 Å². The molecule has 0 saturated heterocycles. The molecule has 0 aliphatic rings. The normalized spacial score (nSPS) is 12.2. The van der Waals surface area contributed by atoms with Crippen LogP contribution in [-0.2, 0) is 21.5 Å². The molecule has 0 aromatic heterocycles. The van der Waals surface area contributed by atoms with Gasteiger partial charge in [0.15, 0.2) is 6.61 Å². The Morgan fingerprint density at radius 2 is 1.70 bits per heavy atom. The third-order valence-electron chi connectivity index (χ3n) is 5.20. The predicted octanol–water partition coefficient (Wildman–Crippen LogP) is 4.22. The quantitative estimate of drug-likeness (QED) is 0.709. The maximum Gasteiger partial charge on any atom is 0.261 e. The standard InChI is InChI=1S/C25H34N2O3/c1-7-26-24(29)19(3)27(16-20-11-9-8-10-18(20)2)23(28)17-30-22-14-12-21(13-15-22)25(4,5)6/h8-15,19H,7,16-17H2,1-6H3,(H,26,29). The summed E-state index contributed by atoms with van der Waals surface area (Å²) in [5.41, 5.74) is 3.35. The molecule has 0 heterocycles. The first-order chi connectivity index (χ1) is 14.1. The van der Waals surface area contributed by atoms with E-state index < -0.39 is 6.04 Å². The van der Waals surface area contributed by atoms with Crippen LogP contribution in [0.2, 0.25) is 0 Å². The average molecular weight is 411 g/mol. The summed E-state index contributed by atoms with van der Waals surface area (Å²) in [6, 6.07) is 15.1. The maximum absolute atomic E-state index is 13.0. The number of nitrogens with zero attached hydrogens (tertiary/aromatic N) is 1. The van der Waals surface area contributed by atoms with Crippen LogP contribution in [0.4, 0.5) is 0 Å². The van der Waals surface area contributed by atoms with Crippen LogP contribution in [-0.4, -0.2) is 35.9 Å². The third-order valence-corrected chi connectivity index (χ3v) is 5.20. The molecule has 0 bridgehead atoms. The fourth-order valence-corrected chi connectivity index (χ4v) is 3.15. The van der Waals surface area contributed by atoms with E-state index in [1.165, 1.54) is 5.56 Å². The molecule has 5 heteroatoms. The van der Waals surface area contributed by atoms with Gasteiger partial charge in [-0.25, -0.2) is 0 Å². The largest absolute Gasteiger partial charge is 0.484 e. The minimum atomic E-state index is -0.594. The third kappa shape index (κ3) is 6.34. The van der Waals surface area contributed by atoms with Gasteiger partial charge in [-0.15, -0.1) is 0 Å². The van der Waals surface area contributed by atoms with Gasteiger partial charge in [0.25, 0.3) is 5.91 Å². The SMILES string of the molecule is CCNC(=O)C(C)N(Cc1ccccc1C)C(=O)COc1ccc(C(C)(C)C)cc1. The van der Waals surface area contributed by atoms with Crippen molar-refractivity contribution in [1.29, 1.82) is 0 Å².